The molecule has 0 radical (unpaired) electrons. The van der Waals surface area contributed by atoms with Gasteiger partial charge in [-0.3, -0.25) is 0 Å². The summed E-state index contributed by atoms with van der Waals surface area (Å²) in [5.74, 6) is 0.732. The van der Waals surface area contributed by atoms with Gasteiger partial charge in [0.1, 0.15) is 11.9 Å². The molecule has 2 heterocycles. The van der Waals surface area contributed by atoms with Crippen LogP contribution in [0.4, 0.5) is 11.5 Å². The molecule has 1 aromatic heterocycles. The van der Waals surface area contributed by atoms with Crippen molar-refractivity contribution in [2.75, 3.05) is 30.4 Å². The minimum absolute atomic E-state index is 0.278. The fourth-order valence-corrected chi connectivity index (χ4v) is 2.27. The number of ether oxygens (including phenoxy) is 1. The summed E-state index contributed by atoms with van der Waals surface area (Å²) in [5, 5.41) is 3.07. The maximum Gasteiger partial charge on any atom is 0.327 e. The van der Waals surface area contributed by atoms with E-state index in [1.807, 2.05) is 12.1 Å². The molecule has 0 aliphatic carbocycles. The van der Waals surface area contributed by atoms with Crippen LogP contribution in [0.3, 0.4) is 0 Å². The Morgan fingerprint density at radius 3 is 2.68 bits per heavy atom. The van der Waals surface area contributed by atoms with Crippen LogP contribution in [-0.2, 0) is 9.53 Å². The topological polar surface area (TPSA) is 54.5 Å². The van der Waals surface area contributed by atoms with Crippen molar-refractivity contribution in [3.05, 3.63) is 18.3 Å². The van der Waals surface area contributed by atoms with Gasteiger partial charge in [-0.15, -0.1) is 0 Å². The van der Waals surface area contributed by atoms with Gasteiger partial charge in [0.25, 0.3) is 0 Å². The summed E-state index contributed by atoms with van der Waals surface area (Å²) in [6.07, 6.45) is 5.55. The van der Waals surface area contributed by atoms with Crippen LogP contribution in [0.2, 0.25) is 0 Å². The van der Waals surface area contributed by atoms with Gasteiger partial charge >= 0.3 is 5.97 Å². The van der Waals surface area contributed by atoms with E-state index < -0.39 is 0 Å². The zero-order valence-electron chi connectivity index (χ0n) is 11.6. The third-order valence-corrected chi connectivity index (χ3v) is 3.37. The molecule has 0 amide bonds. The highest BCUT2D eigenvalue weighted by Gasteiger charge is 2.14. The number of anilines is 2. The van der Waals surface area contributed by atoms with E-state index in [9.17, 15) is 4.79 Å². The standard InChI is InChI=1S/C14H21N3O2/c1-11(14(18)19-2)16-12-6-7-13(15-10-12)17-8-4-3-5-9-17/h6-7,10-11,16H,3-5,8-9H2,1-2H3. The number of piperidine rings is 1. The van der Waals surface area contributed by atoms with E-state index in [1.165, 1.54) is 26.4 Å². The summed E-state index contributed by atoms with van der Waals surface area (Å²) >= 11 is 0. The molecule has 1 aliphatic heterocycles. The number of carbonyl (C=O) groups is 1. The Morgan fingerprint density at radius 1 is 1.37 bits per heavy atom. The first kappa shape index (κ1) is 13.6. The number of aromatic nitrogens is 1. The second-order valence-corrected chi connectivity index (χ2v) is 4.84. The van der Waals surface area contributed by atoms with Gasteiger partial charge in [0, 0.05) is 13.1 Å². The Morgan fingerprint density at radius 2 is 2.11 bits per heavy atom. The molecule has 5 heteroatoms. The van der Waals surface area contributed by atoms with E-state index in [-0.39, 0.29) is 12.0 Å². The lowest BCUT2D eigenvalue weighted by Crippen LogP contribution is -2.30. The van der Waals surface area contributed by atoms with Crippen LogP contribution in [0.1, 0.15) is 26.2 Å². The minimum Gasteiger partial charge on any atom is -0.467 e. The molecule has 1 atom stereocenters. The molecule has 1 aromatic rings. The van der Waals surface area contributed by atoms with Crippen LogP contribution >= 0.6 is 0 Å². The van der Waals surface area contributed by atoms with Crippen molar-refractivity contribution in [2.45, 2.75) is 32.2 Å². The number of hydrogen-bond acceptors (Lipinski definition) is 5. The van der Waals surface area contributed by atoms with Gasteiger partial charge in [0.2, 0.25) is 0 Å². The van der Waals surface area contributed by atoms with Crippen molar-refractivity contribution >= 4 is 17.5 Å². The van der Waals surface area contributed by atoms with E-state index in [1.54, 1.807) is 13.1 Å². The van der Waals surface area contributed by atoms with Gasteiger partial charge in [-0.25, -0.2) is 9.78 Å². The zero-order chi connectivity index (χ0) is 13.7. The predicted octanol–water partition coefficient (Wildman–Crippen LogP) is 2.05. The number of pyridine rings is 1. The van der Waals surface area contributed by atoms with Gasteiger partial charge in [-0.1, -0.05) is 0 Å². The first-order valence-corrected chi connectivity index (χ1v) is 6.76. The molecule has 0 aromatic carbocycles. The first-order valence-electron chi connectivity index (χ1n) is 6.76. The fourth-order valence-electron chi connectivity index (χ4n) is 2.27. The SMILES string of the molecule is COC(=O)C(C)Nc1ccc(N2CCCCC2)nc1. The van der Waals surface area contributed by atoms with E-state index in [0.29, 0.717) is 0 Å². The quantitative estimate of drug-likeness (QED) is 0.843. The zero-order valence-corrected chi connectivity index (χ0v) is 11.6. The Labute approximate surface area is 114 Å². The van der Waals surface area contributed by atoms with Crippen LogP contribution < -0.4 is 10.2 Å². The summed E-state index contributed by atoms with van der Waals surface area (Å²) in [4.78, 5) is 18.1. The van der Waals surface area contributed by atoms with Crippen LogP contribution in [0.15, 0.2) is 18.3 Å². The van der Waals surface area contributed by atoms with Crippen LogP contribution in [0.25, 0.3) is 0 Å². The Balaban J connectivity index is 1.96. The molecule has 1 fully saturated rings. The van der Waals surface area contributed by atoms with Crippen molar-refractivity contribution in [1.29, 1.82) is 0 Å². The lowest BCUT2D eigenvalue weighted by molar-refractivity contribution is -0.141. The van der Waals surface area contributed by atoms with Gasteiger partial charge in [0.05, 0.1) is 19.0 Å². The number of nitrogens with one attached hydrogen (secondary N) is 1. The summed E-state index contributed by atoms with van der Waals surface area (Å²) in [6.45, 7) is 3.93. The molecule has 1 N–H and O–H groups in total. The average Bonchev–Trinajstić information content (AvgIpc) is 2.48. The Bertz CT molecular complexity index is 413. The van der Waals surface area contributed by atoms with Crippen molar-refractivity contribution in [1.82, 2.24) is 4.98 Å². The molecule has 0 bridgehead atoms. The summed E-state index contributed by atoms with van der Waals surface area (Å²) < 4.78 is 4.67. The van der Waals surface area contributed by atoms with E-state index in [4.69, 9.17) is 0 Å². The maximum atomic E-state index is 11.3. The predicted molar refractivity (Wildman–Crippen MR) is 75.4 cm³/mol. The second-order valence-electron chi connectivity index (χ2n) is 4.84. The summed E-state index contributed by atoms with van der Waals surface area (Å²) in [7, 11) is 1.39. The van der Waals surface area contributed by atoms with E-state index in [0.717, 1.165) is 24.6 Å². The molecular formula is C14H21N3O2. The second kappa shape index (κ2) is 6.41. The molecule has 104 valence electrons. The van der Waals surface area contributed by atoms with Gasteiger partial charge in [0.15, 0.2) is 0 Å². The van der Waals surface area contributed by atoms with Crippen molar-refractivity contribution in [3.8, 4) is 0 Å². The monoisotopic (exact) mass is 263 g/mol. The molecule has 5 nitrogen and oxygen atoms in total. The van der Waals surface area contributed by atoms with Crippen LogP contribution in [-0.4, -0.2) is 37.2 Å². The highest BCUT2D eigenvalue weighted by molar-refractivity contribution is 5.78. The van der Waals surface area contributed by atoms with Crippen LogP contribution in [0.5, 0.6) is 0 Å². The van der Waals surface area contributed by atoms with Gasteiger partial charge in [-0.2, -0.15) is 0 Å². The maximum absolute atomic E-state index is 11.3. The molecule has 1 aliphatic rings. The van der Waals surface area contributed by atoms with Crippen LogP contribution in [0, 0.1) is 0 Å². The first-order chi connectivity index (χ1) is 9.20. The number of carbonyl (C=O) groups excluding carboxylic acids is 1. The normalized spacial score (nSPS) is 16.8. The smallest absolute Gasteiger partial charge is 0.327 e. The molecular weight excluding hydrogens is 242 g/mol. The molecule has 0 spiro atoms. The van der Waals surface area contributed by atoms with Crippen molar-refractivity contribution in [2.24, 2.45) is 0 Å². The molecule has 1 unspecified atom stereocenters. The Kier molecular flexibility index (Phi) is 4.60. The Hall–Kier alpha value is -1.78. The lowest BCUT2D eigenvalue weighted by atomic mass is 10.1. The lowest BCUT2D eigenvalue weighted by Gasteiger charge is -2.27. The van der Waals surface area contributed by atoms with Crippen molar-refractivity contribution in [3.63, 3.8) is 0 Å². The molecule has 19 heavy (non-hydrogen) atoms. The molecule has 1 saturated heterocycles. The molecule has 0 saturated carbocycles. The average molecular weight is 263 g/mol. The van der Waals surface area contributed by atoms with Gasteiger partial charge < -0.3 is 15.0 Å². The third-order valence-electron chi connectivity index (χ3n) is 3.37. The number of rotatable bonds is 4. The van der Waals surface area contributed by atoms with E-state index >= 15 is 0 Å². The highest BCUT2D eigenvalue weighted by atomic mass is 16.5. The van der Waals surface area contributed by atoms with Crippen molar-refractivity contribution < 1.29 is 9.53 Å². The number of esters is 1. The van der Waals surface area contributed by atoms with E-state index in [2.05, 4.69) is 19.9 Å². The largest absolute Gasteiger partial charge is 0.467 e. The number of nitrogens with zero attached hydrogens (tertiary/aromatic N) is 2. The third kappa shape index (κ3) is 3.59. The number of hydrogen-bond donors (Lipinski definition) is 1. The molecule has 2 rings (SSSR count). The minimum atomic E-state index is -0.368. The fraction of sp³-hybridized carbons (Fsp3) is 0.571. The number of methoxy groups -OCH3 is 1. The van der Waals surface area contributed by atoms with Gasteiger partial charge in [-0.05, 0) is 38.3 Å². The summed E-state index contributed by atoms with van der Waals surface area (Å²) in [6, 6.07) is 3.58. The summed E-state index contributed by atoms with van der Waals surface area (Å²) in [5.41, 5.74) is 0.832. The highest BCUT2D eigenvalue weighted by Crippen LogP contribution is 2.19.